The Bertz CT molecular complexity index is 589. The van der Waals surface area contributed by atoms with Crippen molar-refractivity contribution in [2.75, 3.05) is 0 Å². The molecule has 0 saturated heterocycles. The van der Waals surface area contributed by atoms with Crippen molar-refractivity contribution in [1.82, 2.24) is 4.98 Å². The third-order valence-corrected chi connectivity index (χ3v) is 4.37. The van der Waals surface area contributed by atoms with Crippen LogP contribution >= 0.6 is 11.6 Å². The predicted molar refractivity (Wildman–Crippen MR) is 77.4 cm³/mol. The van der Waals surface area contributed by atoms with Crippen LogP contribution in [0.25, 0.3) is 10.9 Å². The van der Waals surface area contributed by atoms with Crippen LogP contribution in [0.4, 0.5) is 0 Å². The summed E-state index contributed by atoms with van der Waals surface area (Å²) >= 11 is 6.62. The van der Waals surface area contributed by atoms with Crippen molar-refractivity contribution < 1.29 is 0 Å². The average molecular weight is 260 g/mol. The fourth-order valence-electron chi connectivity index (χ4n) is 2.91. The zero-order valence-electron chi connectivity index (χ0n) is 10.8. The van der Waals surface area contributed by atoms with Crippen LogP contribution in [0.3, 0.4) is 0 Å². The van der Waals surface area contributed by atoms with Crippen LogP contribution in [-0.4, -0.2) is 4.98 Å². The number of benzene rings is 1. The summed E-state index contributed by atoms with van der Waals surface area (Å²) in [5.41, 5.74) is 4.97. The van der Waals surface area contributed by atoms with E-state index in [4.69, 9.17) is 16.6 Å². The molecule has 2 aromatic rings. The third-order valence-electron chi connectivity index (χ3n) is 3.94. The summed E-state index contributed by atoms with van der Waals surface area (Å²) in [6.45, 7) is 2.18. The fourth-order valence-corrected chi connectivity index (χ4v) is 3.27. The summed E-state index contributed by atoms with van der Waals surface area (Å²) in [5.74, 6) is 0. The van der Waals surface area contributed by atoms with E-state index < -0.39 is 0 Å². The molecule has 0 spiro atoms. The molecule has 0 bridgehead atoms. The molecule has 94 valence electrons. The molecule has 3 rings (SSSR count). The molecule has 0 atom stereocenters. The molecule has 0 fully saturated rings. The van der Waals surface area contributed by atoms with Gasteiger partial charge in [-0.25, -0.2) is 0 Å². The fraction of sp³-hybridized carbons (Fsp3) is 0.438. The molecule has 0 saturated carbocycles. The van der Waals surface area contributed by atoms with Gasteiger partial charge in [-0.1, -0.05) is 43.1 Å². The largest absolute Gasteiger partial charge is 0.252 e. The zero-order chi connectivity index (χ0) is 12.5. The minimum absolute atomic E-state index is 0.951. The standard InChI is InChI=1S/C16H18ClN/c1-2-11-7-6-9-13-15(17)12-8-4-3-5-10-14(12)18-16(11)13/h6-7,9H,2-5,8,10H2,1H3. The third kappa shape index (κ3) is 1.91. The lowest BCUT2D eigenvalue weighted by molar-refractivity contribution is 0.709. The molecule has 0 aliphatic heterocycles. The van der Waals surface area contributed by atoms with Gasteiger partial charge < -0.3 is 0 Å². The van der Waals surface area contributed by atoms with Gasteiger partial charge in [0.1, 0.15) is 0 Å². The van der Waals surface area contributed by atoms with E-state index in [9.17, 15) is 0 Å². The van der Waals surface area contributed by atoms with E-state index in [0.29, 0.717) is 0 Å². The number of nitrogens with zero attached hydrogens (tertiary/aromatic N) is 1. The van der Waals surface area contributed by atoms with Crippen LogP contribution in [-0.2, 0) is 19.3 Å². The second-order valence-corrected chi connectivity index (χ2v) is 5.46. The number of fused-ring (bicyclic) bond motifs is 2. The SMILES string of the molecule is CCc1cccc2c(Cl)c3c(nc12)CCCCC3. The van der Waals surface area contributed by atoms with Gasteiger partial charge in [-0.15, -0.1) is 0 Å². The topological polar surface area (TPSA) is 12.9 Å². The van der Waals surface area contributed by atoms with Gasteiger partial charge in [-0.2, -0.15) is 0 Å². The predicted octanol–water partition coefficient (Wildman–Crippen LogP) is 4.72. The van der Waals surface area contributed by atoms with Crippen LogP contribution in [0.5, 0.6) is 0 Å². The maximum atomic E-state index is 6.62. The average Bonchev–Trinajstić information content (AvgIpc) is 2.64. The van der Waals surface area contributed by atoms with Crippen LogP contribution in [0, 0.1) is 0 Å². The maximum absolute atomic E-state index is 6.62. The van der Waals surface area contributed by atoms with Crippen molar-refractivity contribution in [1.29, 1.82) is 0 Å². The summed E-state index contributed by atoms with van der Waals surface area (Å²) in [7, 11) is 0. The first-order chi connectivity index (χ1) is 8.81. The lowest BCUT2D eigenvalue weighted by Gasteiger charge is -2.12. The van der Waals surface area contributed by atoms with Crippen LogP contribution < -0.4 is 0 Å². The Kier molecular flexibility index (Phi) is 3.25. The molecule has 1 aliphatic carbocycles. The van der Waals surface area contributed by atoms with E-state index in [1.807, 2.05) is 0 Å². The Morgan fingerprint density at radius 1 is 1.17 bits per heavy atom. The van der Waals surface area contributed by atoms with E-state index >= 15 is 0 Å². The molecule has 0 unspecified atom stereocenters. The highest BCUT2D eigenvalue weighted by Crippen LogP contribution is 2.33. The highest BCUT2D eigenvalue weighted by atomic mass is 35.5. The minimum Gasteiger partial charge on any atom is -0.252 e. The molecule has 1 heterocycles. The van der Waals surface area contributed by atoms with Gasteiger partial charge in [0.15, 0.2) is 0 Å². The number of hydrogen-bond acceptors (Lipinski definition) is 1. The lowest BCUT2D eigenvalue weighted by Crippen LogP contribution is -2.00. The summed E-state index contributed by atoms with van der Waals surface area (Å²) in [4.78, 5) is 4.92. The van der Waals surface area contributed by atoms with Gasteiger partial charge in [0.25, 0.3) is 0 Å². The smallest absolute Gasteiger partial charge is 0.0752 e. The maximum Gasteiger partial charge on any atom is 0.0752 e. The monoisotopic (exact) mass is 259 g/mol. The molecule has 1 nitrogen and oxygen atoms in total. The van der Waals surface area contributed by atoms with Gasteiger partial charge in [-0.05, 0) is 43.2 Å². The highest BCUT2D eigenvalue weighted by molar-refractivity contribution is 6.36. The number of rotatable bonds is 1. The Labute approximate surface area is 113 Å². The van der Waals surface area contributed by atoms with Crippen molar-refractivity contribution in [2.45, 2.75) is 45.4 Å². The number of para-hydroxylation sites is 1. The normalized spacial score (nSPS) is 15.4. The molecule has 18 heavy (non-hydrogen) atoms. The van der Waals surface area contributed by atoms with E-state index in [0.717, 1.165) is 35.2 Å². The molecular formula is C16H18ClN. The van der Waals surface area contributed by atoms with E-state index in [-0.39, 0.29) is 0 Å². The number of aryl methyl sites for hydroxylation is 2. The van der Waals surface area contributed by atoms with Crippen molar-refractivity contribution >= 4 is 22.5 Å². The van der Waals surface area contributed by atoms with E-state index in [1.165, 1.54) is 36.1 Å². The van der Waals surface area contributed by atoms with Crippen molar-refractivity contribution in [3.8, 4) is 0 Å². The molecule has 0 amide bonds. The Balaban J connectivity index is 2.31. The Morgan fingerprint density at radius 2 is 2.00 bits per heavy atom. The van der Waals surface area contributed by atoms with Crippen LogP contribution in [0.15, 0.2) is 18.2 Å². The number of hydrogen-bond donors (Lipinski definition) is 0. The first-order valence-electron chi connectivity index (χ1n) is 6.90. The number of aromatic nitrogens is 1. The second-order valence-electron chi connectivity index (χ2n) is 5.08. The Hall–Kier alpha value is -1.08. The molecule has 0 N–H and O–H groups in total. The molecule has 1 aromatic carbocycles. The molecule has 2 heteroatoms. The highest BCUT2D eigenvalue weighted by Gasteiger charge is 2.16. The minimum atomic E-state index is 0.951. The second kappa shape index (κ2) is 4.89. The summed E-state index contributed by atoms with van der Waals surface area (Å²) in [6, 6.07) is 6.36. The lowest BCUT2D eigenvalue weighted by atomic mass is 10.0. The molecule has 0 radical (unpaired) electrons. The van der Waals surface area contributed by atoms with Crippen molar-refractivity contribution in [3.63, 3.8) is 0 Å². The number of pyridine rings is 1. The summed E-state index contributed by atoms with van der Waals surface area (Å²) in [5, 5.41) is 2.09. The van der Waals surface area contributed by atoms with Gasteiger partial charge >= 0.3 is 0 Å². The van der Waals surface area contributed by atoms with Crippen LogP contribution in [0.2, 0.25) is 5.02 Å². The van der Waals surface area contributed by atoms with Gasteiger partial charge in [-0.3, -0.25) is 4.98 Å². The van der Waals surface area contributed by atoms with Gasteiger partial charge in [0.05, 0.1) is 10.5 Å². The zero-order valence-corrected chi connectivity index (χ0v) is 11.6. The molecular weight excluding hydrogens is 242 g/mol. The van der Waals surface area contributed by atoms with Crippen LogP contribution in [0.1, 0.15) is 43.0 Å². The first-order valence-corrected chi connectivity index (χ1v) is 7.28. The number of halogens is 1. The van der Waals surface area contributed by atoms with E-state index in [2.05, 4.69) is 25.1 Å². The Morgan fingerprint density at radius 3 is 2.83 bits per heavy atom. The first kappa shape index (κ1) is 12.0. The summed E-state index contributed by atoms with van der Waals surface area (Å²) in [6.07, 6.45) is 6.98. The van der Waals surface area contributed by atoms with Crippen molar-refractivity contribution in [3.05, 3.63) is 40.0 Å². The van der Waals surface area contributed by atoms with Crippen molar-refractivity contribution in [2.24, 2.45) is 0 Å². The molecule has 1 aromatic heterocycles. The summed E-state index contributed by atoms with van der Waals surface area (Å²) < 4.78 is 0. The van der Waals surface area contributed by atoms with Gasteiger partial charge in [0.2, 0.25) is 0 Å². The van der Waals surface area contributed by atoms with Gasteiger partial charge in [0, 0.05) is 11.1 Å². The van der Waals surface area contributed by atoms with E-state index in [1.54, 1.807) is 0 Å². The molecule has 1 aliphatic rings. The quantitative estimate of drug-likeness (QED) is 0.676.